The van der Waals surface area contributed by atoms with Gasteiger partial charge in [-0.2, -0.15) is 31.4 Å². The van der Waals surface area contributed by atoms with Crippen molar-refractivity contribution in [3.63, 3.8) is 0 Å². The highest BCUT2D eigenvalue weighted by atomic mass is 32.2. The van der Waals surface area contributed by atoms with Gasteiger partial charge in [0.15, 0.2) is 0 Å². The Morgan fingerprint density at radius 1 is 0.969 bits per heavy atom. The molecule has 0 aliphatic heterocycles. The van der Waals surface area contributed by atoms with Crippen LogP contribution in [0.2, 0.25) is 0 Å². The monoisotopic (exact) mass is 480 g/mol. The fourth-order valence-electron chi connectivity index (χ4n) is 2.55. The minimum Gasteiger partial charge on any atom is -0.492 e. The number of ether oxygens (including phenoxy) is 1. The summed E-state index contributed by atoms with van der Waals surface area (Å²) in [5, 5.41) is 3.87. The van der Waals surface area contributed by atoms with Crippen molar-refractivity contribution in [1.82, 2.24) is 14.8 Å². The Morgan fingerprint density at radius 2 is 1.62 bits per heavy atom. The van der Waals surface area contributed by atoms with E-state index in [1.165, 1.54) is 41.6 Å². The highest BCUT2D eigenvalue weighted by Crippen LogP contribution is 2.37. The molecule has 1 heterocycles. The molecule has 0 bridgehead atoms. The molecule has 0 unspecified atom stereocenters. The minimum atomic E-state index is -5.18. The maximum absolute atomic E-state index is 13.0. The molecule has 0 fully saturated rings. The Bertz CT molecular complexity index is 1150. The molecule has 2 aromatic carbocycles. The summed E-state index contributed by atoms with van der Waals surface area (Å²) < 4.78 is 112. The zero-order valence-corrected chi connectivity index (χ0v) is 16.7. The van der Waals surface area contributed by atoms with Crippen LogP contribution in [0.5, 0.6) is 5.75 Å². The summed E-state index contributed by atoms with van der Waals surface area (Å²) in [4.78, 5) is 2.57. The molecule has 1 N–H and O–H groups in total. The summed E-state index contributed by atoms with van der Waals surface area (Å²) in [5.74, 6) is 0.213. The molecule has 7 nitrogen and oxygen atoms in total. The van der Waals surface area contributed by atoms with Gasteiger partial charge in [0.05, 0.1) is 28.3 Å². The average Bonchev–Trinajstić information content (AvgIpc) is 3.20. The van der Waals surface area contributed by atoms with E-state index in [1.807, 2.05) is 4.72 Å². The van der Waals surface area contributed by atoms with Crippen LogP contribution >= 0.6 is 0 Å². The zero-order chi connectivity index (χ0) is 23.6. The van der Waals surface area contributed by atoms with E-state index in [9.17, 15) is 34.8 Å². The number of hydrogen-bond donors (Lipinski definition) is 1. The van der Waals surface area contributed by atoms with E-state index in [2.05, 4.69) is 10.1 Å². The van der Waals surface area contributed by atoms with Crippen LogP contribution in [-0.4, -0.2) is 29.8 Å². The Labute approximate surface area is 177 Å². The summed E-state index contributed by atoms with van der Waals surface area (Å²) in [5.41, 5.74) is -3.59. The number of hydrogen-bond acceptors (Lipinski definition) is 5. The van der Waals surface area contributed by atoms with Crippen LogP contribution in [0, 0.1) is 0 Å². The maximum atomic E-state index is 13.0. The number of rotatable bonds is 7. The lowest BCUT2D eigenvalue weighted by Crippen LogP contribution is -2.17. The topological polar surface area (TPSA) is 86.1 Å². The standard InChI is InChI=1S/C18H14F6N4O3S/c19-17(20,21)12-6-13(18(22,23)24)8-16(7-12)32(29,30)27-14-2-1-3-15(9-14)31-5-4-28-11-25-10-26-28/h1-3,6-11,27H,4-5H2. The molecule has 32 heavy (non-hydrogen) atoms. The van der Waals surface area contributed by atoms with Gasteiger partial charge in [-0.05, 0) is 30.3 Å². The molecule has 0 saturated heterocycles. The van der Waals surface area contributed by atoms with E-state index in [-0.39, 0.29) is 36.2 Å². The molecule has 0 amide bonds. The lowest BCUT2D eigenvalue weighted by Gasteiger charge is -2.15. The first-order valence-electron chi connectivity index (χ1n) is 8.72. The number of aromatic nitrogens is 3. The first-order valence-corrected chi connectivity index (χ1v) is 10.2. The number of alkyl halides is 6. The second kappa shape index (κ2) is 8.68. The van der Waals surface area contributed by atoms with Crippen LogP contribution in [0.25, 0.3) is 0 Å². The van der Waals surface area contributed by atoms with E-state index in [0.29, 0.717) is 6.54 Å². The molecule has 3 aromatic rings. The Morgan fingerprint density at radius 3 is 2.19 bits per heavy atom. The quantitative estimate of drug-likeness (QED) is 0.513. The maximum Gasteiger partial charge on any atom is 0.416 e. The van der Waals surface area contributed by atoms with Gasteiger partial charge in [-0.15, -0.1) is 0 Å². The molecular formula is C18H14F6N4O3S. The summed E-state index contributed by atoms with van der Waals surface area (Å²) in [7, 11) is -4.78. The number of anilines is 1. The van der Waals surface area contributed by atoms with Gasteiger partial charge in [-0.25, -0.2) is 18.1 Å². The van der Waals surface area contributed by atoms with Gasteiger partial charge in [-0.3, -0.25) is 4.72 Å². The number of halogens is 6. The smallest absolute Gasteiger partial charge is 0.416 e. The van der Waals surface area contributed by atoms with Crippen molar-refractivity contribution in [3.05, 3.63) is 66.2 Å². The highest BCUT2D eigenvalue weighted by Gasteiger charge is 2.38. The van der Waals surface area contributed by atoms with Crippen LogP contribution in [0.3, 0.4) is 0 Å². The second-order valence-electron chi connectivity index (χ2n) is 6.38. The molecule has 0 aliphatic carbocycles. The van der Waals surface area contributed by atoms with Crippen molar-refractivity contribution >= 4 is 15.7 Å². The average molecular weight is 480 g/mol. The first-order chi connectivity index (χ1) is 14.8. The summed E-state index contributed by atoms with van der Waals surface area (Å²) in [6.45, 7) is 0.475. The fourth-order valence-corrected chi connectivity index (χ4v) is 3.67. The van der Waals surface area contributed by atoms with Gasteiger partial charge < -0.3 is 4.74 Å². The van der Waals surface area contributed by atoms with Crippen molar-refractivity contribution in [2.45, 2.75) is 23.8 Å². The molecule has 0 spiro atoms. The minimum absolute atomic E-state index is 0.116. The van der Waals surface area contributed by atoms with E-state index >= 15 is 0 Å². The largest absolute Gasteiger partial charge is 0.492 e. The predicted octanol–water partition coefficient (Wildman–Crippen LogP) is 4.20. The van der Waals surface area contributed by atoms with Crippen LogP contribution < -0.4 is 9.46 Å². The van der Waals surface area contributed by atoms with Crippen LogP contribution in [0.1, 0.15) is 11.1 Å². The molecule has 0 saturated carbocycles. The second-order valence-corrected chi connectivity index (χ2v) is 8.06. The third kappa shape index (κ3) is 5.90. The number of sulfonamides is 1. The molecule has 14 heteroatoms. The third-order valence-corrected chi connectivity index (χ3v) is 5.37. The molecule has 1 aromatic heterocycles. The highest BCUT2D eigenvalue weighted by molar-refractivity contribution is 7.92. The van der Waals surface area contributed by atoms with Crippen LogP contribution in [-0.2, 0) is 28.9 Å². The number of nitrogens with zero attached hydrogens (tertiary/aromatic N) is 3. The van der Waals surface area contributed by atoms with Crippen molar-refractivity contribution in [2.24, 2.45) is 0 Å². The molecule has 0 atom stereocenters. The number of nitrogens with one attached hydrogen (secondary N) is 1. The lowest BCUT2D eigenvalue weighted by molar-refractivity contribution is -0.143. The lowest BCUT2D eigenvalue weighted by atomic mass is 10.1. The molecular weight excluding hydrogens is 466 g/mol. The predicted molar refractivity (Wildman–Crippen MR) is 99.2 cm³/mol. The van der Waals surface area contributed by atoms with Gasteiger partial charge in [0, 0.05) is 6.07 Å². The van der Waals surface area contributed by atoms with Crippen molar-refractivity contribution < 1.29 is 39.5 Å². The summed E-state index contributed by atoms with van der Waals surface area (Å²) in [6.07, 6.45) is -7.57. The van der Waals surface area contributed by atoms with E-state index in [4.69, 9.17) is 4.74 Å². The van der Waals surface area contributed by atoms with Crippen molar-refractivity contribution in [2.75, 3.05) is 11.3 Å². The SMILES string of the molecule is O=S(=O)(Nc1cccc(OCCn2cncn2)c1)c1cc(C(F)(F)F)cc(C(F)(F)F)c1. The van der Waals surface area contributed by atoms with E-state index < -0.39 is 38.4 Å². The molecule has 0 radical (unpaired) electrons. The summed E-state index contributed by atoms with van der Waals surface area (Å²) >= 11 is 0. The Kier molecular flexibility index (Phi) is 6.34. The van der Waals surface area contributed by atoms with Gasteiger partial charge in [0.1, 0.15) is 25.0 Å². The van der Waals surface area contributed by atoms with Crippen molar-refractivity contribution in [1.29, 1.82) is 0 Å². The molecule has 0 aliphatic rings. The van der Waals surface area contributed by atoms with Crippen LogP contribution in [0.15, 0.2) is 60.0 Å². The Balaban J connectivity index is 1.83. The van der Waals surface area contributed by atoms with Crippen molar-refractivity contribution in [3.8, 4) is 5.75 Å². The molecule has 3 rings (SSSR count). The van der Waals surface area contributed by atoms with Gasteiger partial charge in [0.2, 0.25) is 0 Å². The normalized spacial score (nSPS) is 12.6. The molecule has 172 valence electrons. The van der Waals surface area contributed by atoms with Gasteiger partial charge in [-0.1, -0.05) is 6.07 Å². The Hall–Kier alpha value is -3.29. The fraction of sp³-hybridized carbons (Fsp3) is 0.222. The first kappa shape index (κ1) is 23.4. The summed E-state index contributed by atoms with van der Waals surface area (Å²) in [6, 6.07) is 5.51. The zero-order valence-electron chi connectivity index (χ0n) is 15.9. The van der Waals surface area contributed by atoms with Crippen LogP contribution in [0.4, 0.5) is 32.0 Å². The van der Waals surface area contributed by atoms with E-state index in [0.717, 1.165) is 0 Å². The van der Waals surface area contributed by atoms with Gasteiger partial charge in [0.25, 0.3) is 10.0 Å². The number of benzene rings is 2. The van der Waals surface area contributed by atoms with E-state index in [1.54, 1.807) is 0 Å². The third-order valence-electron chi connectivity index (χ3n) is 4.01. The van der Waals surface area contributed by atoms with Gasteiger partial charge >= 0.3 is 12.4 Å².